The molecule has 0 bridgehead atoms. The fourth-order valence-electron chi connectivity index (χ4n) is 4.28. The third kappa shape index (κ3) is 5.98. The van der Waals surface area contributed by atoms with Gasteiger partial charge < -0.3 is 15.5 Å². The van der Waals surface area contributed by atoms with E-state index >= 15 is 0 Å². The van der Waals surface area contributed by atoms with Gasteiger partial charge >= 0.3 is 6.03 Å². The molecule has 0 saturated carbocycles. The van der Waals surface area contributed by atoms with Gasteiger partial charge in [-0.2, -0.15) is 0 Å². The van der Waals surface area contributed by atoms with Gasteiger partial charge in [0.05, 0.1) is 5.92 Å². The zero-order valence-electron chi connectivity index (χ0n) is 18.4. The van der Waals surface area contributed by atoms with E-state index < -0.39 is 0 Å². The highest BCUT2D eigenvalue weighted by atomic mass is 19.1. The third-order valence-corrected chi connectivity index (χ3v) is 6.08. The molecule has 0 spiro atoms. The zero-order valence-corrected chi connectivity index (χ0v) is 18.4. The lowest BCUT2D eigenvalue weighted by Crippen LogP contribution is -2.50. The quantitative estimate of drug-likeness (QED) is 0.589. The number of nitrogens with zero attached hydrogens (tertiary/aromatic N) is 1. The lowest BCUT2D eigenvalue weighted by Gasteiger charge is -2.37. The topological polar surface area (TPSA) is 61.4 Å². The molecular weight excluding hydrogens is 417 g/mol. The summed E-state index contributed by atoms with van der Waals surface area (Å²) in [6.07, 6.45) is 0.635. The van der Waals surface area contributed by atoms with Crippen LogP contribution in [0.3, 0.4) is 0 Å². The molecule has 33 heavy (non-hydrogen) atoms. The lowest BCUT2D eigenvalue weighted by atomic mass is 9.84. The summed E-state index contributed by atoms with van der Waals surface area (Å²) in [7, 11) is 0. The molecule has 6 heteroatoms. The van der Waals surface area contributed by atoms with Gasteiger partial charge in [0.1, 0.15) is 5.82 Å². The SMILES string of the molecule is O=C(NCc1ccccc1F)[C@H]1C[C@@H](c2ccccc2)CN(C(=O)NCc2ccccc2)C1. The molecule has 4 rings (SSSR count). The van der Waals surface area contributed by atoms with Crippen LogP contribution >= 0.6 is 0 Å². The second-order valence-electron chi connectivity index (χ2n) is 8.40. The highest BCUT2D eigenvalue weighted by molar-refractivity contribution is 5.81. The summed E-state index contributed by atoms with van der Waals surface area (Å²) < 4.78 is 13.9. The van der Waals surface area contributed by atoms with Crippen molar-refractivity contribution in [1.82, 2.24) is 15.5 Å². The number of likely N-dealkylation sites (tertiary alicyclic amines) is 1. The molecule has 1 fully saturated rings. The van der Waals surface area contributed by atoms with Crippen molar-refractivity contribution < 1.29 is 14.0 Å². The molecule has 3 aromatic carbocycles. The van der Waals surface area contributed by atoms with Gasteiger partial charge in [-0.25, -0.2) is 9.18 Å². The average Bonchev–Trinajstić information content (AvgIpc) is 2.87. The van der Waals surface area contributed by atoms with E-state index in [-0.39, 0.29) is 36.1 Å². The van der Waals surface area contributed by atoms with Crippen LogP contribution in [0.1, 0.15) is 29.0 Å². The first-order valence-electron chi connectivity index (χ1n) is 11.2. The van der Waals surface area contributed by atoms with Crippen LogP contribution in [0.25, 0.3) is 0 Å². The van der Waals surface area contributed by atoms with E-state index in [0.717, 1.165) is 11.1 Å². The monoisotopic (exact) mass is 445 g/mol. The number of carbonyl (C=O) groups is 2. The maximum atomic E-state index is 13.9. The minimum absolute atomic E-state index is 0.0478. The van der Waals surface area contributed by atoms with Crippen LogP contribution in [-0.4, -0.2) is 29.9 Å². The van der Waals surface area contributed by atoms with Crippen molar-refractivity contribution in [3.05, 3.63) is 107 Å². The Balaban J connectivity index is 1.44. The lowest BCUT2D eigenvalue weighted by molar-refractivity contribution is -0.126. The van der Waals surface area contributed by atoms with Crippen LogP contribution in [0.4, 0.5) is 9.18 Å². The van der Waals surface area contributed by atoms with E-state index in [9.17, 15) is 14.0 Å². The number of benzene rings is 3. The van der Waals surface area contributed by atoms with Crippen LogP contribution in [0, 0.1) is 11.7 Å². The van der Waals surface area contributed by atoms with Crippen molar-refractivity contribution in [2.75, 3.05) is 13.1 Å². The Hall–Kier alpha value is -3.67. The van der Waals surface area contributed by atoms with Gasteiger partial charge in [-0.3, -0.25) is 4.79 Å². The number of halogens is 1. The predicted octanol–water partition coefficient (Wildman–Crippen LogP) is 4.46. The van der Waals surface area contributed by atoms with Crippen LogP contribution in [-0.2, 0) is 17.9 Å². The minimum atomic E-state index is -0.377. The summed E-state index contributed by atoms with van der Waals surface area (Å²) in [4.78, 5) is 27.7. The smallest absolute Gasteiger partial charge is 0.317 e. The number of urea groups is 1. The summed E-state index contributed by atoms with van der Waals surface area (Å²) in [6.45, 7) is 1.42. The second-order valence-corrected chi connectivity index (χ2v) is 8.40. The van der Waals surface area contributed by atoms with Crippen LogP contribution in [0.2, 0.25) is 0 Å². The van der Waals surface area contributed by atoms with Crippen molar-refractivity contribution in [1.29, 1.82) is 0 Å². The fourth-order valence-corrected chi connectivity index (χ4v) is 4.28. The molecule has 2 N–H and O–H groups in total. The summed E-state index contributed by atoms with van der Waals surface area (Å²) in [5.74, 6) is -0.838. The van der Waals surface area contributed by atoms with Gasteiger partial charge in [0, 0.05) is 37.7 Å². The first-order chi connectivity index (χ1) is 16.1. The van der Waals surface area contributed by atoms with Gasteiger partial charge in [0.15, 0.2) is 0 Å². The van der Waals surface area contributed by atoms with E-state index in [1.54, 1.807) is 23.1 Å². The number of rotatable bonds is 6. The molecule has 0 unspecified atom stereocenters. The summed E-state index contributed by atoms with van der Waals surface area (Å²) in [5, 5.41) is 5.83. The fraction of sp³-hybridized carbons (Fsp3) is 0.259. The largest absolute Gasteiger partial charge is 0.352 e. The first-order valence-corrected chi connectivity index (χ1v) is 11.2. The predicted molar refractivity (Wildman–Crippen MR) is 126 cm³/mol. The molecule has 1 aliphatic rings. The number of nitrogens with one attached hydrogen (secondary N) is 2. The summed E-state index contributed by atoms with van der Waals surface area (Å²) in [6, 6.07) is 25.9. The van der Waals surface area contributed by atoms with Crippen molar-refractivity contribution >= 4 is 11.9 Å². The Morgan fingerprint density at radius 2 is 1.48 bits per heavy atom. The molecular formula is C27H28FN3O2. The van der Waals surface area contributed by atoms with E-state index in [0.29, 0.717) is 31.6 Å². The maximum absolute atomic E-state index is 13.9. The van der Waals surface area contributed by atoms with Crippen molar-refractivity contribution in [2.45, 2.75) is 25.4 Å². The molecule has 170 valence electrons. The normalized spacial score (nSPS) is 17.9. The maximum Gasteiger partial charge on any atom is 0.317 e. The number of amides is 3. The van der Waals surface area contributed by atoms with Crippen molar-refractivity contribution in [3.63, 3.8) is 0 Å². The number of hydrogen-bond donors (Lipinski definition) is 2. The third-order valence-electron chi connectivity index (χ3n) is 6.08. The van der Waals surface area contributed by atoms with Crippen LogP contribution < -0.4 is 10.6 Å². The average molecular weight is 446 g/mol. The Kier molecular flexibility index (Phi) is 7.35. The van der Waals surface area contributed by atoms with E-state index in [1.807, 2.05) is 60.7 Å². The highest BCUT2D eigenvalue weighted by Gasteiger charge is 2.34. The Bertz CT molecular complexity index is 1070. The second kappa shape index (κ2) is 10.8. The minimum Gasteiger partial charge on any atom is -0.352 e. The molecule has 1 aliphatic heterocycles. The van der Waals surface area contributed by atoms with Gasteiger partial charge in [0.2, 0.25) is 5.91 Å². The van der Waals surface area contributed by atoms with Gasteiger partial charge in [-0.15, -0.1) is 0 Å². The number of carbonyl (C=O) groups excluding carboxylic acids is 2. The zero-order chi connectivity index (χ0) is 23.0. The van der Waals surface area contributed by atoms with Crippen molar-refractivity contribution in [2.24, 2.45) is 5.92 Å². The molecule has 0 aromatic heterocycles. The number of piperidine rings is 1. The van der Waals surface area contributed by atoms with E-state index in [4.69, 9.17) is 0 Å². The highest BCUT2D eigenvalue weighted by Crippen LogP contribution is 2.30. The standard InChI is InChI=1S/C27H28FN3O2/c28-25-14-8-7-13-22(25)17-29-26(32)24-15-23(21-11-5-2-6-12-21)18-31(19-24)27(33)30-16-20-9-3-1-4-10-20/h1-14,23-24H,15-19H2,(H,29,32)(H,30,33)/t23-,24+/m1/s1. The summed E-state index contributed by atoms with van der Waals surface area (Å²) in [5.41, 5.74) is 2.56. The molecule has 3 aromatic rings. The molecule has 5 nitrogen and oxygen atoms in total. The van der Waals surface area contributed by atoms with Crippen LogP contribution in [0.5, 0.6) is 0 Å². The Labute approximate surface area is 193 Å². The molecule has 1 heterocycles. The molecule has 0 radical (unpaired) electrons. The Morgan fingerprint density at radius 1 is 0.818 bits per heavy atom. The van der Waals surface area contributed by atoms with Gasteiger partial charge in [0.25, 0.3) is 0 Å². The Morgan fingerprint density at radius 3 is 2.21 bits per heavy atom. The first kappa shape index (κ1) is 22.5. The molecule has 0 aliphatic carbocycles. The summed E-state index contributed by atoms with van der Waals surface area (Å²) >= 11 is 0. The van der Waals surface area contributed by atoms with Crippen molar-refractivity contribution in [3.8, 4) is 0 Å². The van der Waals surface area contributed by atoms with Gasteiger partial charge in [-0.05, 0) is 23.6 Å². The van der Waals surface area contributed by atoms with Crippen LogP contribution in [0.15, 0.2) is 84.9 Å². The van der Waals surface area contributed by atoms with E-state index in [1.165, 1.54) is 6.07 Å². The van der Waals surface area contributed by atoms with E-state index in [2.05, 4.69) is 10.6 Å². The van der Waals surface area contributed by atoms with Gasteiger partial charge in [-0.1, -0.05) is 78.9 Å². The molecule has 1 saturated heterocycles. The molecule has 2 atom stereocenters. The molecule has 3 amide bonds. The number of hydrogen-bond acceptors (Lipinski definition) is 2.